The van der Waals surface area contributed by atoms with E-state index in [-0.39, 0.29) is 12.3 Å². The zero-order valence-corrected chi connectivity index (χ0v) is 18.2. The fourth-order valence-corrected chi connectivity index (χ4v) is 3.78. The zero-order valence-electron chi connectivity index (χ0n) is 16.7. The Hall–Kier alpha value is -3.21. The van der Waals surface area contributed by atoms with Crippen LogP contribution >= 0.6 is 23.2 Å². The van der Waals surface area contributed by atoms with E-state index in [1.807, 2.05) is 54.6 Å². The van der Waals surface area contributed by atoms with Crippen LogP contribution in [0.1, 0.15) is 5.56 Å². The van der Waals surface area contributed by atoms with E-state index in [9.17, 15) is 4.79 Å². The lowest BCUT2D eigenvalue weighted by Crippen LogP contribution is -2.14. The summed E-state index contributed by atoms with van der Waals surface area (Å²) in [5.74, 6) is 1.64. The van der Waals surface area contributed by atoms with Crippen molar-refractivity contribution in [2.24, 2.45) is 0 Å². The number of methoxy groups -OCH3 is 1. The van der Waals surface area contributed by atoms with Crippen LogP contribution in [0, 0.1) is 0 Å². The molecule has 0 heterocycles. The molecule has 1 N–H and O–H groups in total. The number of hydrogen-bond donors (Lipinski definition) is 1. The topological polar surface area (TPSA) is 47.6 Å². The van der Waals surface area contributed by atoms with Gasteiger partial charge in [-0.25, -0.2) is 0 Å². The number of rotatable bonds is 6. The molecule has 31 heavy (non-hydrogen) atoms. The molecule has 1 amide bonds. The Bertz CT molecular complexity index is 1260. The van der Waals surface area contributed by atoms with Gasteiger partial charge in [-0.15, -0.1) is 0 Å². The lowest BCUT2D eigenvalue weighted by Gasteiger charge is -2.13. The molecule has 0 unspecified atom stereocenters. The first-order valence-corrected chi connectivity index (χ1v) is 10.4. The van der Waals surface area contributed by atoms with Crippen LogP contribution in [-0.4, -0.2) is 13.0 Å². The van der Waals surface area contributed by atoms with Crippen molar-refractivity contribution in [1.82, 2.24) is 0 Å². The summed E-state index contributed by atoms with van der Waals surface area (Å²) in [7, 11) is 1.58. The number of carbonyl (C=O) groups is 1. The highest BCUT2D eigenvalue weighted by Crippen LogP contribution is 2.37. The van der Waals surface area contributed by atoms with E-state index in [0.29, 0.717) is 33.0 Å². The number of halogens is 2. The SMILES string of the molecule is COc1ccccc1CC(=O)Nc1ccc(Oc2ccc(Cl)c3ccccc23)c(Cl)c1. The highest BCUT2D eigenvalue weighted by molar-refractivity contribution is 6.35. The molecule has 6 heteroatoms. The number of ether oxygens (including phenoxy) is 2. The van der Waals surface area contributed by atoms with Crippen molar-refractivity contribution < 1.29 is 14.3 Å². The Morgan fingerprint density at radius 1 is 0.806 bits per heavy atom. The predicted octanol–water partition coefficient (Wildman–Crippen LogP) is 7.13. The van der Waals surface area contributed by atoms with Gasteiger partial charge in [0, 0.05) is 27.0 Å². The summed E-state index contributed by atoms with van der Waals surface area (Å²) in [6, 6.07) is 23.9. The van der Waals surface area contributed by atoms with Gasteiger partial charge in [-0.3, -0.25) is 4.79 Å². The number of benzene rings is 4. The predicted molar refractivity (Wildman–Crippen MR) is 126 cm³/mol. The molecule has 4 nitrogen and oxygen atoms in total. The quantitative estimate of drug-likeness (QED) is 0.339. The Morgan fingerprint density at radius 3 is 2.29 bits per heavy atom. The maximum atomic E-state index is 12.5. The summed E-state index contributed by atoms with van der Waals surface area (Å²) in [4.78, 5) is 12.5. The fourth-order valence-electron chi connectivity index (χ4n) is 3.33. The summed E-state index contributed by atoms with van der Waals surface area (Å²) in [5, 5.41) is 5.69. The molecule has 0 bridgehead atoms. The van der Waals surface area contributed by atoms with Crippen LogP contribution in [0.2, 0.25) is 10.0 Å². The summed E-state index contributed by atoms with van der Waals surface area (Å²) in [6.07, 6.45) is 0.191. The second kappa shape index (κ2) is 9.29. The van der Waals surface area contributed by atoms with Gasteiger partial charge in [0.25, 0.3) is 0 Å². The molecular weight excluding hydrogens is 433 g/mol. The first kappa shape index (κ1) is 21.0. The maximum absolute atomic E-state index is 12.5. The largest absolute Gasteiger partial charge is 0.496 e. The zero-order chi connectivity index (χ0) is 21.8. The fraction of sp³-hybridized carbons (Fsp3) is 0.0800. The molecule has 0 saturated heterocycles. The van der Waals surface area contributed by atoms with E-state index in [2.05, 4.69) is 5.32 Å². The number of amides is 1. The lowest BCUT2D eigenvalue weighted by atomic mass is 10.1. The highest BCUT2D eigenvalue weighted by atomic mass is 35.5. The second-order valence-electron chi connectivity index (χ2n) is 6.88. The molecule has 0 spiro atoms. The second-order valence-corrected chi connectivity index (χ2v) is 7.69. The number of carbonyl (C=O) groups excluding carboxylic acids is 1. The van der Waals surface area contributed by atoms with Crippen molar-refractivity contribution in [2.75, 3.05) is 12.4 Å². The average molecular weight is 452 g/mol. The van der Waals surface area contributed by atoms with Gasteiger partial charge in [0.2, 0.25) is 5.91 Å². The molecule has 0 atom stereocenters. The monoisotopic (exact) mass is 451 g/mol. The summed E-state index contributed by atoms with van der Waals surface area (Å²) in [5.41, 5.74) is 1.39. The first-order valence-electron chi connectivity index (χ1n) is 9.61. The van der Waals surface area contributed by atoms with E-state index in [1.54, 1.807) is 31.4 Å². The highest BCUT2D eigenvalue weighted by Gasteiger charge is 2.12. The van der Waals surface area contributed by atoms with Crippen LogP contribution in [0.5, 0.6) is 17.2 Å². The molecule has 0 aliphatic rings. The number of para-hydroxylation sites is 1. The van der Waals surface area contributed by atoms with E-state index in [1.165, 1.54) is 0 Å². The van der Waals surface area contributed by atoms with Crippen LogP contribution in [0.15, 0.2) is 78.9 Å². The molecule has 0 saturated carbocycles. The van der Waals surface area contributed by atoms with E-state index < -0.39 is 0 Å². The van der Waals surface area contributed by atoms with E-state index in [0.717, 1.165) is 16.3 Å². The van der Waals surface area contributed by atoms with Gasteiger partial charge < -0.3 is 14.8 Å². The van der Waals surface area contributed by atoms with Gasteiger partial charge in [-0.05, 0) is 36.4 Å². The minimum absolute atomic E-state index is 0.169. The third-order valence-electron chi connectivity index (χ3n) is 4.81. The molecule has 0 aliphatic heterocycles. The number of nitrogens with one attached hydrogen (secondary N) is 1. The molecule has 0 aromatic heterocycles. The lowest BCUT2D eigenvalue weighted by molar-refractivity contribution is -0.115. The van der Waals surface area contributed by atoms with Crippen molar-refractivity contribution in [2.45, 2.75) is 6.42 Å². The smallest absolute Gasteiger partial charge is 0.228 e. The van der Waals surface area contributed by atoms with Crippen molar-refractivity contribution in [3.8, 4) is 17.2 Å². The molecule has 156 valence electrons. The first-order chi connectivity index (χ1) is 15.0. The van der Waals surface area contributed by atoms with Crippen LogP contribution in [0.3, 0.4) is 0 Å². The average Bonchev–Trinajstić information content (AvgIpc) is 2.78. The normalized spacial score (nSPS) is 10.7. The van der Waals surface area contributed by atoms with Crippen LogP contribution in [-0.2, 0) is 11.2 Å². The molecule has 0 fully saturated rings. The van der Waals surface area contributed by atoms with Gasteiger partial charge in [0.15, 0.2) is 0 Å². The Morgan fingerprint density at radius 2 is 1.52 bits per heavy atom. The minimum atomic E-state index is -0.169. The summed E-state index contributed by atoms with van der Waals surface area (Å²) < 4.78 is 11.3. The van der Waals surface area contributed by atoms with Gasteiger partial charge in [0.05, 0.1) is 18.6 Å². The van der Waals surface area contributed by atoms with Crippen LogP contribution in [0.4, 0.5) is 5.69 Å². The molecule has 4 rings (SSSR count). The number of anilines is 1. The van der Waals surface area contributed by atoms with Crippen molar-refractivity contribution in [3.05, 3.63) is 94.5 Å². The minimum Gasteiger partial charge on any atom is -0.496 e. The molecule has 4 aromatic rings. The molecule has 4 aromatic carbocycles. The number of hydrogen-bond acceptors (Lipinski definition) is 3. The molecular formula is C25H19Cl2NO3. The van der Waals surface area contributed by atoms with Crippen molar-refractivity contribution >= 4 is 45.6 Å². The van der Waals surface area contributed by atoms with Crippen LogP contribution in [0.25, 0.3) is 10.8 Å². The van der Waals surface area contributed by atoms with E-state index >= 15 is 0 Å². The van der Waals surface area contributed by atoms with Crippen molar-refractivity contribution in [1.29, 1.82) is 0 Å². The van der Waals surface area contributed by atoms with E-state index in [4.69, 9.17) is 32.7 Å². The Kier molecular flexibility index (Phi) is 6.31. The Balaban J connectivity index is 1.50. The number of fused-ring (bicyclic) bond motifs is 1. The van der Waals surface area contributed by atoms with Crippen LogP contribution < -0.4 is 14.8 Å². The summed E-state index contributed by atoms with van der Waals surface area (Å²) in [6.45, 7) is 0. The van der Waals surface area contributed by atoms with Gasteiger partial charge in [-0.2, -0.15) is 0 Å². The van der Waals surface area contributed by atoms with Gasteiger partial charge in [-0.1, -0.05) is 65.7 Å². The third-order valence-corrected chi connectivity index (χ3v) is 5.43. The third kappa shape index (κ3) is 4.76. The maximum Gasteiger partial charge on any atom is 0.228 e. The summed E-state index contributed by atoms with van der Waals surface area (Å²) >= 11 is 12.7. The van der Waals surface area contributed by atoms with Gasteiger partial charge in [0.1, 0.15) is 17.2 Å². The standard InChI is InChI=1S/C25H19Cl2NO3/c1-30-22-9-5-2-6-16(22)14-25(29)28-17-10-12-24(21(27)15-17)31-23-13-11-20(26)18-7-3-4-8-19(18)23/h2-13,15H,14H2,1H3,(H,28,29). The Labute approximate surface area is 190 Å². The van der Waals surface area contributed by atoms with Crippen molar-refractivity contribution in [3.63, 3.8) is 0 Å². The van der Waals surface area contributed by atoms with Gasteiger partial charge >= 0.3 is 0 Å². The molecule has 0 radical (unpaired) electrons. The molecule has 0 aliphatic carbocycles.